The molecule has 0 bridgehead atoms. The summed E-state index contributed by atoms with van der Waals surface area (Å²) in [6, 6.07) is 10.7. The summed E-state index contributed by atoms with van der Waals surface area (Å²) in [5.41, 5.74) is 2.12. The number of piperazine rings is 1. The number of carbonyl (C=O) groups excluding carboxylic acids is 1. The van der Waals surface area contributed by atoms with E-state index in [4.69, 9.17) is 0 Å². The molecule has 2 aromatic heterocycles. The number of rotatable bonds is 4. The van der Waals surface area contributed by atoms with Crippen LogP contribution in [-0.2, 0) is 0 Å². The molecule has 7 nitrogen and oxygen atoms in total. The summed E-state index contributed by atoms with van der Waals surface area (Å²) >= 11 is 0. The second kappa shape index (κ2) is 8.23. The number of nitrogens with zero attached hydrogens (tertiary/aromatic N) is 3. The molecule has 1 fully saturated rings. The number of hydrogen-bond acceptors (Lipinski definition) is 4. The first kappa shape index (κ1) is 20.0. The Hall–Kier alpha value is -3.27. The lowest BCUT2D eigenvalue weighted by molar-refractivity contribution is -0.146. The van der Waals surface area contributed by atoms with Gasteiger partial charge in [0.25, 0.3) is 0 Å². The first-order chi connectivity index (χ1) is 14.4. The van der Waals surface area contributed by atoms with Gasteiger partial charge in [-0.1, -0.05) is 18.2 Å². The van der Waals surface area contributed by atoms with Gasteiger partial charge in [-0.25, -0.2) is 9.78 Å². The number of H-pyrrole nitrogens is 1. The van der Waals surface area contributed by atoms with Gasteiger partial charge < -0.3 is 20.5 Å². The molecule has 3 aromatic rings. The van der Waals surface area contributed by atoms with Crippen LogP contribution in [-0.4, -0.2) is 59.8 Å². The van der Waals surface area contributed by atoms with Crippen molar-refractivity contribution in [1.82, 2.24) is 14.9 Å². The topological polar surface area (TPSA) is 76.3 Å². The maximum absolute atomic E-state index is 12.5. The fraction of sp³-hybridized carbons (Fsp3) is 0.300. The molecule has 1 aliphatic rings. The van der Waals surface area contributed by atoms with Crippen LogP contribution in [0.3, 0.4) is 0 Å². The Labute approximate surface area is 170 Å². The minimum Gasteiger partial charge on any atom is -0.359 e. The molecule has 3 N–H and O–H groups in total. The van der Waals surface area contributed by atoms with Crippen LogP contribution in [0.2, 0.25) is 0 Å². The molecule has 0 atom stereocenters. The van der Waals surface area contributed by atoms with Crippen LogP contribution in [0.5, 0.6) is 0 Å². The van der Waals surface area contributed by atoms with E-state index in [1.165, 1.54) is 11.1 Å². The number of halogens is 3. The van der Waals surface area contributed by atoms with Crippen molar-refractivity contribution in [3.8, 4) is 0 Å². The van der Waals surface area contributed by atoms with E-state index < -0.39 is 18.8 Å². The summed E-state index contributed by atoms with van der Waals surface area (Å²) in [5.74, 6) is 0.671. The normalized spacial score (nSPS) is 15.4. The van der Waals surface area contributed by atoms with Crippen LogP contribution in [0, 0.1) is 0 Å². The van der Waals surface area contributed by atoms with E-state index in [-0.39, 0.29) is 0 Å². The quantitative estimate of drug-likeness (QED) is 0.601. The van der Waals surface area contributed by atoms with Crippen LogP contribution in [0.25, 0.3) is 10.9 Å². The minimum atomic E-state index is -4.18. The number of para-hydroxylation sites is 1. The van der Waals surface area contributed by atoms with E-state index in [0.29, 0.717) is 43.4 Å². The number of aromatic nitrogens is 2. The van der Waals surface area contributed by atoms with Crippen LogP contribution in [0.15, 0.2) is 48.8 Å². The molecule has 1 saturated heterocycles. The van der Waals surface area contributed by atoms with Crippen molar-refractivity contribution in [3.63, 3.8) is 0 Å². The van der Waals surface area contributed by atoms with E-state index in [2.05, 4.69) is 20.6 Å². The zero-order valence-electron chi connectivity index (χ0n) is 16.0. The zero-order valence-corrected chi connectivity index (χ0v) is 16.0. The summed E-state index contributed by atoms with van der Waals surface area (Å²) in [4.78, 5) is 23.0. The van der Waals surface area contributed by atoms with Gasteiger partial charge in [-0.15, -0.1) is 0 Å². The number of nitrogens with one attached hydrogen (secondary N) is 3. The van der Waals surface area contributed by atoms with Gasteiger partial charge in [-0.3, -0.25) is 4.90 Å². The van der Waals surface area contributed by atoms with Gasteiger partial charge in [-0.2, -0.15) is 13.2 Å². The third-order valence-corrected chi connectivity index (χ3v) is 4.94. The van der Waals surface area contributed by atoms with E-state index in [1.54, 1.807) is 18.3 Å². The van der Waals surface area contributed by atoms with Gasteiger partial charge in [0.05, 0.1) is 24.1 Å². The minimum absolute atomic E-state index is 0.328. The fourth-order valence-corrected chi connectivity index (χ4v) is 3.50. The molecule has 30 heavy (non-hydrogen) atoms. The van der Waals surface area contributed by atoms with E-state index in [0.717, 1.165) is 10.9 Å². The maximum atomic E-state index is 12.5. The highest BCUT2D eigenvalue weighted by Gasteiger charge is 2.32. The Morgan fingerprint density at radius 2 is 1.83 bits per heavy atom. The number of benzene rings is 1. The molecule has 0 unspecified atom stereocenters. The van der Waals surface area contributed by atoms with E-state index in [1.807, 2.05) is 29.2 Å². The largest absolute Gasteiger partial charge is 0.401 e. The molecule has 2 amide bonds. The molecular weight excluding hydrogens is 397 g/mol. The van der Waals surface area contributed by atoms with Gasteiger partial charge in [0, 0.05) is 43.3 Å². The van der Waals surface area contributed by atoms with Gasteiger partial charge in [-0.05, 0) is 18.2 Å². The predicted octanol–water partition coefficient (Wildman–Crippen LogP) is 3.89. The Bertz CT molecular complexity index is 1010. The third-order valence-electron chi connectivity index (χ3n) is 4.94. The van der Waals surface area contributed by atoms with E-state index in [9.17, 15) is 18.0 Å². The number of anilines is 3. The molecule has 0 spiro atoms. The summed E-state index contributed by atoms with van der Waals surface area (Å²) in [6.07, 6.45) is -0.919. The second-order valence-electron chi connectivity index (χ2n) is 7.11. The van der Waals surface area contributed by atoms with Gasteiger partial charge in [0.2, 0.25) is 0 Å². The van der Waals surface area contributed by atoms with Gasteiger partial charge in [0.1, 0.15) is 5.82 Å². The summed E-state index contributed by atoms with van der Waals surface area (Å²) in [6.45, 7) is 0.707. The van der Waals surface area contributed by atoms with Crippen molar-refractivity contribution in [2.75, 3.05) is 48.3 Å². The molecule has 3 heterocycles. The number of pyridine rings is 1. The number of carbonyl (C=O) groups is 1. The average molecular weight is 418 g/mol. The van der Waals surface area contributed by atoms with Crippen LogP contribution in [0.4, 0.5) is 35.2 Å². The fourth-order valence-electron chi connectivity index (χ4n) is 3.50. The van der Waals surface area contributed by atoms with Crippen LogP contribution in [0.1, 0.15) is 0 Å². The summed E-state index contributed by atoms with van der Waals surface area (Å²) < 4.78 is 37.5. The first-order valence-corrected chi connectivity index (χ1v) is 9.52. The van der Waals surface area contributed by atoms with Crippen LogP contribution >= 0.6 is 0 Å². The second-order valence-corrected chi connectivity index (χ2v) is 7.11. The molecule has 10 heteroatoms. The first-order valence-electron chi connectivity index (χ1n) is 9.52. The standard InChI is InChI=1S/C20H21F3N6O/c21-20(22,23)13-28-7-9-29(10-8-28)18-6-5-14(11-25-18)26-19(30)27-17-12-24-16-4-2-1-3-15(16)17/h1-6,11-12,24H,7-10,13H2,(H2,26,27,30). The van der Waals surface area contributed by atoms with Crippen molar-refractivity contribution in [3.05, 3.63) is 48.8 Å². The molecule has 0 radical (unpaired) electrons. The molecule has 4 rings (SSSR count). The Morgan fingerprint density at radius 3 is 2.53 bits per heavy atom. The number of hydrogen-bond donors (Lipinski definition) is 3. The lowest BCUT2D eigenvalue weighted by Gasteiger charge is -2.35. The highest BCUT2D eigenvalue weighted by molar-refractivity contribution is 6.05. The van der Waals surface area contributed by atoms with Crippen molar-refractivity contribution in [2.45, 2.75) is 6.18 Å². The van der Waals surface area contributed by atoms with Crippen molar-refractivity contribution < 1.29 is 18.0 Å². The van der Waals surface area contributed by atoms with Crippen molar-refractivity contribution >= 4 is 34.1 Å². The lowest BCUT2D eigenvalue weighted by atomic mass is 10.2. The third kappa shape index (κ3) is 4.82. The zero-order chi connectivity index (χ0) is 21.1. The SMILES string of the molecule is O=C(Nc1ccc(N2CCN(CC(F)(F)F)CC2)nc1)Nc1c[nH]c2ccccc12. The van der Waals surface area contributed by atoms with Crippen molar-refractivity contribution in [2.24, 2.45) is 0 Å². The van der Waals surface area contributed by atoms with Crippen molar-refractivity contribution in [1.29, 1.82) is 0 Å². The highest BCUT2D eigenvalue weighted by atomic mass is 19.4. The molecule has 1 aliphatic heterocycles. The molecule has 1 aromatic carbocycles. The molecular formula is C20H21F3N6O. The Kier molecular flexibility index (Phi) is 5.49. The van der Waals surface area contributed by atoms with Gasteiger partial charge >= 0.3 is 12.2 Å². The van der Waals surface area contributed by atoms with Gasteiger partial charge in [0.15, 0.2) is 0 Å². The highest BCUT2D eigenvalue weighted by Crippen LogP contribution is 2.23. The maximum Gasteiger partial charge on any atom is 0.401 e. The predicted molar refractivity (Wildman–Crippen MR) is 110 cm³/mol. The lowest BCUT2D eigenvalue weighted by Crippen LogP contribution is -2.49. The van der Waals surface area contributed by atoms with E-state index >= 15 is 0 Å². The number of urea groups is 1. The molecule has 0 saturated carbocycles. The monoisotopic (exact) mass is 418 g/mol. The summed E-state index contributed by atoms with van der Waals surface area (Å²) in [5, 5.41) is 6.44. The molecule has 0 aliphatic carbocycles. The number of fused-ring (bicyclic) bond motifs is 1. The Morgan fingerprint density at radius 1 is 1.07 bits per heavy atom. The number of aromatic amines is 1. The smallest absolute Gasteiger partial charge is 0.359 e. The average Bonchev–Trinajstić information content (AvgIpc) is 3.11. The number of amides is 2. The molecule has 158 valence electrons. The van der Waals surface area contributed by atoms with Crippen LogP contribution < -0.4 is 15.5 Å². The summed E-state index contributed by atoms with van der Waals surface area (Å²) in [7, 11) is 0. The Balaban J connectivity index is 1.31. The number of alkyl halides is 3.